The van der Waals surface area contributed by atoms with E-state index in [-0.39, 0.29) is 6.61 Å². The number of carbonyl (C=O) groups is 2. The molecule has 0 unspecified atom stereocenters. The summed E-state index contributed by atoms with van der Waals surface area (Å²) in [6, 6.07) is 0. The summed E-state index contributed by atoms with van der Waals surface area (Å²) in [6.07, 6.45) is 0. The molecule has 0 radical (unpaired) electrons. The average Bonchev–Trinajstić information content (AvgIpc) is 3.05. The molecule has 0 aliphatic heterocycles. The number of thiophene rings is 2. The van der Waals surface area contributed by atoms with Crippen LogP contribution in [0.4, 0.5) is 5.00 Å². The first-order valence-electron chi connectivity index (χ1n) is 6.37. The van der Waals surface area contributed by atoms with Gasteiger partial charge in [0.15, 0.2) is 0 Å². The maximum absolute atomic E-state index is 12.0. The smallest absolute Gasteiger partial charge is 0.341 e. The number of anilines is 1. The van der Waals surface area contributed by atoms with Crippen molar-refractivity contribution in [1.82, 2.24) is 0 Å². The molecule has 0 spiro atoms. The first kappa shape index (κ1) is 15.5. The fourth-order valence-corrected chi connectivity index (χ4v) is 3.48. The molecule has 2 N–H and O–H groups in total. The van der Waals surface area contributed by atoms with Crippen LogP contribution in [0.2, 0.25) is 0 Å². The zero-order valence-electron chi connectivity index (χ0n) is 11.7. The zero-order chi connectivity index (χ0) is 15.4. The van der Waals surface area contributed by atoms with Crippen molar-refractivity contribution < 1.29 is 19.1 Å². The first-order valence-corrected chi connectivity index (χ1v) is 8.20. The average molecular weight is 325 g/mol. The summed E-state index contributed by atoms with van der Waals surface area (Å²) in [6.45, 7) is 4.04. The Bertz CT molecular complexity index is 660. The number of nitrogens with two attached hydrogens (primary N) is 1. The van der Waals surface area contributed by atoms with Crippen LogP contribution in [-0.4, -0.2) is 25.2 Å². The van der Waals surface area contributed by atoms with Gasteiger partial charge in [0.25, 0.3) is 0 Å². The molecule has 2 heterocycles. The van der Waals surface area contributed by atoms with Crippen LogP contribution in [0.3, 0.4) is 0 Å². The lowest BCUT2D eigenvalue weighted by Crippen LogP contribution is -2.09. The second-order valence-corrected chi connectivity index (χ2v) is 5.68. The molecule has 2 rings (SSSR count). The standard InChI is InChI=1S/C14H15NO4S2/c1-3-18-13(16)10-6-20-5-8(10)9-7-21-12(15)11(9)14(17)19-4-2/h5-7H,3-4,15H2,1-2H3. The molecule has 21 heavy (non-hydrogen) atoms. The van der Waals surface area contributed by atoms with Crippen molar-refractivity contribution in [2.75, 3.05) is 18.9 Å². The van der Waals surface area contributed by atoms with Gasteiger partial charge in [0.05, 0.1) is 18.8 Å². The Morgan fingerprint density at radius 2 is 1.71 bits per heavy atom. The summed E-state index contributed by atoms with van der Waals surface area (Å²) in [4.78, 5) is 24.0. The fraction of sp³-hybridized carbons (Fsp3) is 0.286. The van der Waals surface area contributed by atoms with E-state index in [9.17, 15) is 9.59 Å². The van der Waals surface area contributed by atoms with Crippen molar-refractivity contribution in [3.63, 3.8) is 0 Å². The highest BCUT2D eigenvalue weighted by Crippen LogP contribution is 2.37. The third-order valence-electron chi connectivity index (χ3n) is 2.75. The number of ether oxygens (including phenoxy) is 2. The molecule has 0 atom stereocenters. The van der Waals surface area contributed by atoms with Crippen LogP contribution >= 0.6 is 22.7 Å². The number of carbonyl (C=O) groups excluding carboxylic acids is 2. The Balaban J connectivity index is 2.47. The molecule has 2 aromatic rings. The van der Waals surface area contributed by atoms with E-state index in [1.54, 1.807) is 30.0 Å². The molecule has 2 aromatic heterocycles. The van der Waals surface area contributed by atoms with Crippen LogP contribution in [0.15, 0.2) is 16.1 Å². The van der Waals surface area contributed by atoms with Gasteiger partial charge in [-0.05, 0) is 19.2 Å². The van der Waals surface area contributed by atoms with E-state index in [1.807, 2.05) is 0 Å². The van der Waals surface area contributed by atoms with Crippen LogP contribution < -0.4 is 5.73 Å². The monoisotopic (exact) mass is 325 g/mol. The van der Waals surface area contributed by atoms with Crippen molar-refractivity contribution in [2.45, 2.75) is 13.8 Å². The predicted octanol–water partition coefficient (Wildman–Crippen LogP) is 3.41. The van der Waals surface area contributed by atoms with Gasteiger partial charge in [-0.15, -0.1) is 11.3 Å². The van der Waals surface area contributed by atoms with Crippen molar-refractivity contribution in [1.29, 1.82) is 0 Å². The Labute approximate surface area is 130 Å². The molecular formula is C14H15NO4S2. The third kappa shape index (κ3) is 3.08. The SMILES string of the molecule is CCOC(=O)c1cscc1-c1csc(N)c1C(=O)OCC. The maximum atomic E-state index is 12.0. The van der Waals surface area contributed by atoms with Gasteiger partial charge >= 0.3 is 11.9 Å². The van der Waals surface area contributed by atoms with Gasteiger partial charge in [0.2, 0.25) is 0 Å². The lowest BCUT2D eigenvalue weighted by Gasteiger charge is -2.06. The molecule has 5 nitrogen and oxygen atoms in total. The second-order valence-electron chi connectivity index (χ2n) is 4.03. The minimum atomic E-state index is -0.479. The highest BCUT2D eigenvalue weighted by atomic mass is 32.1. The summed E-state index contributed by atoms with van der Waals surface area (Å²) in [5.74, 6) is -0.888. The fourth-order valence-electron chi connectivity index (χ4n) is 1.86. The molecule has 0 bridgehead atoms. The van der Waals surface area contributed by atoms with Gasteiger partial charge < -0.3 is 15.2 Å². The second kappa shape index (κ2) is 6.73. The molecule has 7 heteroatoms. The summed E-state index contributed by atoms with van der Waals surface area (Å²) in [7, 11) is 0. The normalized spacial score (nSPS) is 10.4. The van der Waals surface area contributed by atoms with Crippen LogP contribution in [0, 0.1) is 0 Å². The third-order valence-corrected chi connectivity index (χ3v) is 4.30. The van der Waals surface area contributed by atoms with Crippen molar-refractivity contribution in [2.24, 2.45) is 0 Å². The zero-order valence-corrected chi connectivity index (χ0v) is 13.3. The summed E-state index contributed by atoms with van der Waals surface area (Å²) < 4.78 is 10.1. The van der Waals surface area contributed by atoms with Gasteiger partial charge in [0, 0.05) is 21.9 Å². The topological polar surface area (TPSA) is 78.6 Å². The molecule has 0 saturated carbocycles. The summed E-state index contributed by atoms with van der Waals surface area (Å²) in [5, 5.41) is 5.64. The highest BCUT2D eigenvalue weighted by Gasteiger charge is 2.24. The Morgan fingerprint density at radius 3 is 2.38 bits per heavy atom. The number of nitrogen functional groups attached to an aromatic ring is 1. The van der Waals surface area contributed by atoms with Crippen LogP contribution in [-0.2, 0) is 9.47 Å². The number of hydrogen-bond donors (Lipinski definition) is 1. The molecule has 0 amide bonds. The van der Waals surface area contributed by atoms with Crippen molar-refractivity contribution in [3.05, 3.63) is 27.3 Å². The molecule has 112 valence electrons. The van der Waals surface area contributed by atoms with Gasteiger partial charge in [-0.3, -0.25) is 0 Å². The molecule has 0 aliphatic rings. The van der Waals surface area contributed by atoms with Crippen LogP contribution in [0.25, 0.3) is 11.1 Å². The van der Waals surface area contributed by atoms with Gasteiger partial charge in [0.1, 0.15) is 10.6 Å². The summed E-state index contributed by atoms with van der Waals surface area (Å²) >= 11 is 2.62. The maximum Gasteiger partial charge on any atom is 0.341 e. The minimum absolute atomic E-state index is 0.266. The lowest BCUT2D eigenvalue weighted by atomic mass is 10.0. The predicted molar refractivity (Wildman–Crippen MR) is 84.0 cm³/mol. The Kier molecular flexibility index (Phi) is 4.98. The lowest BCUT2D eigenvalue weighted by molar-refractivity contribution is 0.0516. The molecule has 0 fully saturated rings. The van der Waals surface area contributed by atoms with E-state index in [0.717, 1.165) is 0 Å². The molecule has 0 aliphatic carbocycles. The molecule has 0 aromatic carbocycles. The van der Waals surface area contributed by atoms with E-state index < -0.39 is 11.9 Å². The number of rotatable bonds is 5. The first-order chi connectivity index (χ1) is 10.1. The minimum Gasteiger partial charge on any atom is -0.462 e. The van der Waals surface area contributed by atoms with E-state index in [4.69, 9.17) is 15.2 Å². The molecule has 0 saturated heterocycles. The van der Waals surface area contributed by atoms with Gasteiger partial charge in [-0.2, -0.15) is 11.3 Å². The van der Waals surface area contributed by atoms with E-state index in [1.165, 1.54) is 22.7 Å². The molecular weight excluding hydrogens is 310 g/mol. The summed E-state index contributed by atoms with van der Waals surface area (Å²) in [5.41, 5.74) is 7.87. The van der Waals surface area contributed by atoms with Gasteiger partial charge in [-0.1, -0.05) is 0 Å². The quantitative estimate of drug-likeness (QED) is 0.852. The van der Waals surface area contributed by atoms with Gasteiger partial charge in [-0.25, -0.2) is 9.59 Å². The highest BCUT2D eigenvalue weighted by molar-refractivity contribution is 7.15. The van der Waals surface area contributed by atoms with Crippen molar-refractivity contribution >= 4 is 39.6 Å². The largest absolute Gasteiger partial charge is 0.462 e. The van der Waals surface area contributed by atoms with E-state index in [0.29, 0.717) is 33.9 Å². The Morgan fingerprint density at radius 1 is 1.05 bits per heavy atom. The van der Waals surface area contributed by atoms with Crippen LogP contribution in [0.1, 0.15) is 34.6 Å². The van der Waals surface area contributed by atoms with E-state index >= 15 is 0 Å². The number of hydrogen-bond acceptors (Lipinski definition) is 7. The van der Waals surface area contributed by atoms with Crippen LogP contribution in [0.5, 0.6) is 0 Å². The Hall–Kier alpha value is -1.86. The van der Waals surface area contributed by atoms with Crippen molar-refractivity contribution in [3.8, 4) is 11.1 Å². The van der Waals surface area contributed by atoms with E-state index in [2.05, 4.69) is 0 Å². The number of esters is 2.